The molecule has 28 heavy (non-hydrogen) atoms. The number of anilines is 1. The van der Waals surface area contributed by atoms with Gasteiger partial charge in [0.15, 0.2) is 0 Å². The molecule has 0 aliphatic heterocycles. The van der Waals surface area contributed by atoms with Crippen molar-refractivity contribution < 1.29 is 9.53 Å². The lowest BCUT2D eigenvalue weighted by atomic mass is 9.90. The number of nitrogens with one attached hydrogen (secondary N) is 2. The minimum atomic E-state index is -0.0103. The summed E-state index contributed by atoms with van der Waals surface area (Å²) >= 11 is 1.83. The van der Waals surface area contributed by atoms with Crippen molar-refractivity contribution >= 4 is 33.0 Å². The molecule has 1 fully saturated rings. The number of carbonyl (C=O) groups excluding carboxylic acids is 1. The fraction of sp³-hybridized carbons (Fsp3) is 0.348. The number of aryl methyl sites for hydroxylation is 1. The number of benzene rings is 2. The van der Waals surface area contributed by atoms with Crippen LogP contribution in [0.2, 0.25) is 0 Å². The van der Waals surface area contributed by atoms with Crippen LogP contribution in [0.4, 0.5) is 5.69 Å². The normalized spacial score (nSPS) is 19.4. The zero-order valence-corrected chi connectivity index (χ0v) is 17.1. The Morgan fingerprint density at radius 1 is 1.11 bits per heavy atom. The Kier molecular flexibility index (Phi) is 5.53. The van der Waals surface area contributed by atoms with Crippen molar-refractivity contribution in [1.29, 1.82) is 0 Å². The molecule has 1 amide bonds. The molecule has 0 saturated heterocycles. The molecule has 0 radical (unpaired) electrons. The van der Waals surface area contributed by atoms with Gasteiger partial charge in [0.1, 0.15) is 5.75 Å². The molecule has 1 unspecified atom stereocenters. The van der Waals surface area contributed by atoms with Crippen molar-refractivity contribution in [3.05, 3.63) is 59.0 Å². The van der Waals surface area contributed by atoms with Gasteiger partial charge < -0.3 is 15.4 Å². The molecular formula is C23H26N2O2S. The number of amides is 1. The number of ether oxygens (including phenoxy) is 1. The maximum Gasteiger partial charge on any atom is 0.251 e. The van der Waals surface area contributed by atoms with E-state index >= 15 is 0 Å². The van der Waals surface area contributed by atoms with Gasteiger partial charge in [-0.1, -0.05) is 6.07 Å². The summed E-state index contributed by atoms with van der Waals surface area (Å²) in [5.41, 5.74) is 1.88. The number of hydrogen-bond donors (Lipinski definition) is 2. The summed E-state index contributed by atoms with van der Waals surface area (Å²) in [4.78, 5) is 13.9. The molecule has 2 aromatic carbocycles. The SMILES string of the molecule is COc1ccc(C(=O)NC2CCC[C@H](Nc3cccc4sc(C)cc34)C2)cc1. The first kappa shape index (κ1) is 18.8. The summed E-state index contributed by atoms with van der Waals surface area (Å²) in [5.74, 6) is 0.750. The molecule has 4 rings (SSSR count). The highest BCUT2D eigenvalue weighted by atomic mass is 32.1. The molecule has 146 valence electrons. The lowest BCUT2D eigenvalue weighted by Crippen LogP contribution is -2.41. The fourth-order valence-electron chi connectivity index (χ4n) is 4.00. The van der Waals surface area contributed by atoms with Crippen LogP contribution in [0.25, 0.3) is 10.1 Å². The van der Waals surface area contributed by atoms with Gasteiger partial charge in [0.25, 0.3) is 5.91 Å². The molecule has 1 aliphatic carbocycles. The van der Waals surface area contributed by atoms with Crippen LogP contribution in [0, 0.1) is 6.92 Å². The van der Waals surface area contributed by atoms with Crippen LogP contribution in [0.5, 0.6) is 5.75 Å². The average molecular weight is 395 g/mol. The Hall–Kier alpha value is -2.53. The Labute approximate surface area is 169 Å². The number of carbonyl (C=O) groups is 1. The van der Waals surface area contributed by atoms with Crippen molar-refractivity contribution in [1.82, 2.24) is 5.32 Å². The van der Waals surface area contributed by atoms with E-state index in [1.165, 1.54) is 20.7 Å². The molecule has 0 bridgehead atoms. The van der Waals surface area contributed by atoms with Crippen molar-refractivity contribution in [3.63, 3.8) is 0 Å². The van der Waals surface area contributed by atoms with Gasteiger partial charge in [-0.2, -0.15) is 0 Å². The van der Waals surface area contributed by atoms with E-state index in [-0.39, 0.29) is 11.9 Å². The van der Waals surface area contributed by atoms with Gasteiger partial charge in [-0.25, -0.2) is 0 Å². The van der Waals surface area contributed by atoms with Crippen LogP contribution in [0.15, 0.2) is 48.5 Å². The van der Waals surface area contributed by atoms with Crippen molar-refractivity contribution in [2.24, 2.45) is 0 Å². The maximum atomic E-state index is 12.6. The monoisotopic (exact) mass is 394 g/mol. The topological polar surface area (TPSA) is 50.4 Å². The molecule has 1 heterocycles. The van der Waals surface area contributed by atoms with Crippen LogP contribution in [0.1, 0.15) is 40.9 Å². The molecule has 1 aliphatic rings. The summed E-state index contributed by atoms with van der Waals surface area (Å²) in [7, 11) is 1.63. The second kappa shape index (κ2) is 8.23. The lowest BCUT2D eigenvalue weighted by Gasteiger charge is -2.31. The van der Waals surface area contributed by atoms with Crippen LogP contribution in [-0.4, -0.2) is 25.1 Å². The van der Waals surface area contributed by atoms with Gasteiger partial charge in [0.2, 0.25) is 0 Å². The fourth-order valence-corrected chi connectivity index (χ4v) is 4.95. The van der Waals surface area contributed by atoms with Crippen LogP contribution in [0.3, 0.4) is 0 Å². The Morgan fingerprint density at radius 2 is 1.89 bits per heavy atom. The van der Waals surface area contributed by atoms with E-state index in [0.29, 0.717) is 11.6 Å². The predicted molar refractivity (Wildman–Crippen MR) is 117 cm³/mol. The van der Waals surface area contributed by atoms with Gasteiger partial charge in [-0.15, -0.1) is 11.3 Å². The van der Waals surface area contributed by atoms with Crippen molar-refractivity contribution in [2.45, 2.75) is 44.7 Å². The number of methoxy groups -OCH3 is 1. The summed E-state index contributed by atoms with van der Waals surface area (Å²) in [6, 6.07) is 16.6. The molecule has 5 heteroatoms. The van der Waals surface area contributed by atoms with E-state index in [1.807, 2.05) is 35.6 Å². The van der Waals surface area contributed by atoms with Crippen LogP contribution >= 0.6 is 11.3 Å². The number of rotatable bonds is 5. The number of hydrogen-bond acceptors (Lipinski definition) is 4. The van der Waals surface area contributed by atoms with Gasteiger partial charge in [0.05, 0.1) is 7.11 Å². The largest absolute Gasteiger partial charge is 0.497 e. The third kappa shape index (κ3) is 4.14. The second-order valence-corrected chi connectivity index (χ2v) is 8.77. The molecule has 0 spiro atoms. The van der Waals surface area contributed by atoms with E-state index in [4.69, 9.17) is 4.74 Å². The van der Waals surface area contributed by atoms with Gasteiger partial charge in [-0.05, 0) is 75.1 Å². The molecule has 2 N–H and O–H groups in total. The Morgan fingerprint density at radius 3 is 2.68 bits per heavy atom. The minimum Gasteiger partial charge on any atom is -0.497 e. The first-order valence-corrected chi connectivity index (χ1v) is 10.6. The standard InChI is InChI=1S/C23H26N2O2S/c1-15-13-20-21(7-4-8-22(20)28-15)24-17-5-3-6-18(14-17)25-23(26)16-9-11-19(27-2)12-10-16/h4,7-13,17-18,24H,3,5-6,14H2,1-2H3,(H,25,26)/t17-,18?/m0/s1. The van der Waals surface area contributed by atoms with Crippen molar-refractivity contribution in [2.75, 3.05) is 12.4 Å². The number of thiophene rings is 1. The number of fused-ring (bicyclic) bond motifs is 1. The molecule has 4 nitrogen and oxygen atoms in total. The van der Waals surface area contributed by atoms with E-state index in [2.05, 4.69) is 41.8 Å². The zero-order valence-electron chi connectivity index (χ0n) is 16.3. The predicted octanol–water partition coefficient (Wildman–Crippen LogP) is 5.37. The highest BCUT2D eigenvalue weighted by Gasteiger charge is 2.24. The van der Waals surface area contributed by atoms with E-state index < -0.39 is 0 Å². The molecule has 1 saturated carbocycles. The van der Waals surface area contributed by atoms with Gasteiger partial charge in [-0.3, -0.25) is 4.79 Å². The third-order valence-corrected chi connectivity index (χ3v) is 6.42. The minimum absolute atomic E-state index is 0.0103. The lowest BCUT2D eigenvalue weighted by molar-refractivity contribution is 0.0926. The molecular weight excluding hydrogens is 368 g/mol. The highest BCUT2D eigenvalue weighted by Crippen LogP contribution is 2.32. The van der Waals surface area contributed by atoms with E-state index in [0.717, 1.165) is 31.4 Å². The smallest absolute Gasteiger partial charge is 0.251 e. The summed E-state index contributed by atoms with van der Waals surface area (Å²) in [5, 5.41) is 8.25. The molecule has 2 atom stereocenters. The third-order valence-electron chi connectivity index (χ3n) is 5.41. The Balaban J connectivity index is 1.40. The summed E-state index contributed by atoms with van der Waals surface area (Å²) < 4.78 is 6.48. The van der Waals surface area contributed by atoms with Crippen molar-refractivity contribution in [3.8, 4) is 5.75 Å². The molecule has 3 aromatic rings. The zero-order chi connectivity index (χ0) is 19.5. The summed E-state index contributed by atoms with van der Waals surface area (Å²) in [6.07, 6.45) is 4.22. The Bertz CT molecular complexity index is 964. The van der Waals surface area contributed by atoms with Crippen LogP contribution < -0.4 is 15.4 Å². The maximum absolute atomic E-state index is 12.6. The second-order valence-electron chi connectivity index (χ2n) is 7.48. The van der Waals surface area contributed by atoms with E-state index in [9.17, 15) is 4.79 Å². The van der Waals surface area contributed by atoms with Gasteiger partial charge in [0, 0.05) is 38.3 Å². The highest BCUT2D eigenvalue weighted by molar-refractivity contribution is 7.19. The quantitative estimate of drug-likeness (QED) is 0.611. The average Bonchev–Trinajstić information content (AvgIpc) is 3.10. The molecule has 1 aromatic heterocycles. The van der Waals surface area contributed by atoms with E-state index in [1.54, 1.807) is 7.11 Å². The first-order valence-electron chi connectivity index (χ1n) is 9.83. The van der Waals surface area contributed by atoms with Crippen LogP contribution in [-0.2, 0) is 0 Å². The van der Waals surface area contributed by atoms with Gasteiger partial charge >= 0.3 is 0 Å². The first-order chi connectivity index (χ1) is 13.6. The summed E-state index contributed by atoms with van der Waals surface area (Å²) in [6.45, 7) is 2.15.